The van der Waals surface area contributed by atoms with E-state index >= 15 is 0 Å². The fourth-order valence-electron chi connectivity index (χ4n) is 3.40. The molecule has 0 bridgehead atoms. The van der Waals surface area contributed by atoms with Crippen LogP contribution in [0.2, 0.25) is 0 Å². The number of nitrogens with zero attached hydrogens (tertiary/aromatic N) is 3. The van der Waals surface area contributed by atoms with E-state index in [1.54, 1.807) is 30.0 Å². The van der Waals surface area contributed by atoms with E-state index in [4.69, 9.17) is 10.3 Å². The molecule has 2 aromatic heterocycles. The molecule has 6 nitrogen and oxygen atoms in total. The summed E-state index contributed by atoms with van der Waals surface area (Å²) in [7, 11) is 0. The predicted octanol–water partition coefficient (Wildman–Crippen LogP) is 3.32. The van der Waals surface area contributed by atoms with Crippen LogP contribution in [0, 0.1) is 12.7 Å². The molecule has 142 valence electrons. The van der Waals surface area contributed by atoms with Crippen LogP contribution in [0.15, 0.2) is 34.9 Å². The molecular weight excluding hydrogens is 371 g/mol. The lowest BCUT2D eigenvalue weighted by Gasteiger charge is -2.31. The Bertz CT molecular complexity index is 974. The molecule has 1 aliphatic heterocycles. The minimum Gasteiger partial charge on any atom is -0.337 e. The molecule has 1 aromatic carbocycles. The Morgan fingerprint density at radius 2 is 2.07 bits per heavy atom. The van der Waals surface area contributed by atoms with Gasteiger partial charge in [-0.25, -0.2) is 9.37 Å². The molecule has 27 heavy (non-hydrogen) atoms. The number of carbonyl (C=O) groups excluding carboxylic acids is 1. The van der Waals surface area contributed by atoms with E-state index in [1.807, 2.05) is 0 Å². The summed E-state index contributed by atoms with van der Waals surface area (Å²) >= 11 is 0. The minimum atomic E-state index is -0.330. The van der Waals surface area contributed by atoms with Crippen LogP contribution in [0.3, 0.4) is 0 Å². The highest BCUT2D eigenvalue weighted by atomic mass is 35.5. The quantitative estimate of drug-likeness (QED) is 0.725. The molecule has 1 fully saturated rings. The van der Waals surface area contributed by atoms with Gasteiger partial charge in [-0.2, -0.15) is 0 Å². The van der Waals surface area contributed by atoms with E-state index in [-0.39, 0.29) is 30.2 Å². The number of nitrogens with two attached hydrogens (primary N) is 1. The summed E-state index contributed by atoms with van der Waals surface area (Å²) in [6, 6.07) is 7.68. The number of benzene rings is 1. The van der Waals surface area contributed by atoms with Crippen molar-refractivity contribution < 1.29 is 13.7 Å². The zero-order valence-electron chi connectivity index (χ0n) is 14.8. The summed E-state index contributed by atoms with van der Waals surface area (Å²) < 4.78 is 18.5. The first-order valence-electron chi connectivity index (χ1n) is 8.61. The molecule has 2 N–H and O–H groups in total. The second kappa shape index (κ2) is 7.62. The monoisotopic (exact) mass is 390 g/mol. The Labute approximate surface area is 161 Å². The molecule has 1 amide bonds. The number of likely N-dealkylation sites (tertiary alicyclic amines) is 1. The second-order valence-electron chi connectivity index (χ2n) is 6.66. The third kappa shape index (κ3) is 3.65. The van der Waals surface area contributed by atoms with Gasteiger partial charge in [0.2, 0.25) is 0 Å². The Kier molecular flexibility index (Phi) is 5.43. The maximum Gasteiger partial charge on any atom is 0.259 e. The molecule has 1 saturated heterocycles. The van der Waals surface area contributed by atoms with Crippen molar-refractivity contribution in [1.29, 1.82) is 0 Å². The Hall–Kier alpha value is -2.51. The second-order valence-corrected chi connectivity index (χ2v) is 6.66. The number of hydrogen-bond acceptors (Lipinski definition) is 5. The van der Waals surface area contributed by atoms with Crippen LogP contribution >= 0.6 is 12.4 Å². The normalized spacial score (nSPS) is 17.0. The number of pyridine rings is 1. The van der Waals surface area contributed by atoms with Gasteiger partial charge in [-0.15, -0.1) is 12.4 Å². The van der Waals surface area contributed by atoms with E-state index in [9.17, 15) is 9.18 Å². The van der Waals surface area contributed by atoms with Gasteiger partial charge in [0.05, 0.1) is 22.3 Å². The van der Waals surface area contributed by atoms with Gasteiger partial charge in [0, 0.05) is 24.7 Å². The molecule has 3 aromatic rings. The Balaban J connectivity index is 0.00000210. The predicted molar refractivity (Wildman–Crippen MR) is 102 cm³/mol. The third-order valence-electron chi connectivity index (χ3n) is 4.73. The lowest BCUT2D eigenvalue weighted by molar-refractivity contribution is 0.0710. The van der Waals surface area contributed by atoms with Crippen molar-refractivity contribution in [1.82, 2.24) is 15.0 Å². The number of halogens is 2. The van der Waals surface area contributed by atoms with Crippen molar-refractivity contribution in [2.75, 3.05) is 13.1 Å². The van der Waals surface area contributed by atoms with Crippen molar-refractivity contribution in [2.24, 2.45) is 5.73 Å². The van der Waals surface area contributed by atoms with E-state index in [1.165, 1.54) is 12.1 Å². The van der Waals surface area contributed by atoms with Gasteiger partial charge in [-0.1, -0.05) is 5.16 Å². The Morgan fingerprint density at radius 1 is 1.33 bits per heavy atom. The van der Waals surface area contributed by atoms with E-state index in [0.29, 0.717) is 46.7 Å². The number of aromatic nitrogens is 2. The third-order valence-corrected chi connectivity index (χ3v) is 4.73. The van der Waals surface area contributed by atoms with Crippen molar-refractivity contribution in [3.8, 4) is 11.3 Å². The number of hydrogen-bond donors (Lipinski definition) is 1. The van der Waals surface area contributed by atoms with Crippen LogP contribution in [0.25, 0.3) is 22.4 Å². The van der Waals surface area contributed by atoms with Crippen molar-refractivity contribution >= 4 is 29.4 Å². The van der Waals surface area contributed by atoms with Gasteiger partial charge in [-0.05, 0) is 50.1 Å². The van der Waals surface area contributed by atoms with Gasteiger partial charge in [0.1, 0.15) is 5.82 Å². The van der Waals surface area contributed by atoms with Gasteiger partial charge < -0.3 is 15.2 Å². The highest BCUT2D eigenvalue weighted by Gasteiger charge is 2.26. The maximum atomic E-state index is 13.2. The average Bonchev–Trinajstić information content (AvgIpc) is 3.02. The molecule has 0 aliphatic carbocycles. The first kappa shape index (κ1) is 19.3. The van der Waals surface area contributed by atoms with Gasteiger partial charge in [-0.3, -0.25) is 4.79 Å². The number of piperidine rings is 1. The average molecular weight is 391 g/mol. The van der Waals surface area contributed by atoms with Crippen LogP contribution in [0.1, 0.15) is 28.9 Å². The SMILES string of the molecule is Cc1noc2nc(-c3ccc(F)cc3)cc(C(=O)N3CCCC(N)C3)c12.Cl. The zero-order valence-corrected chi connectivity index (χ0v) is 15.6. The largest absolute Gasteiger partial charge is 0.337 e. The molecule has 8 heteroatoms. The van der Waals surface area contributed by atoms with Crippen LogP contribution in [-0.4, -0.2) is 40.1 Å². The van der Waals surface area contributed by atoms with Crippen LogP contribution in [0.4, 0.5) is 4.39 Å². The summed E-state index contributed by atoms with van der Waals surface area (Å²) in [5.41, 5.74) is 8.67. The topological polar surface area (TPSA) is 85.2 Å². The van der Waals surface area contributed by atoms with Crippen molar-refractivity contribution in [2.45, 2.75) is 25.8 Å². The van der Waals surface area contributed by atoms with E-state index in [2.05, 4.69) is 10.1 Å². The summed E-state index contributed by atoms with van der Waals surface area (Å²) in [5, 5.41) is 4.57. The molecular formula is C19H20ClFN4O2. The number of carbonyl (C=O) groups is 1. The molecule has 0 spiro atoms. The summed E-state index contributed by atoms with van der Waals surface area (Å²) in [4.78, 5) is 19.4. The van der Waals surface area contributed by atoms with Crippen molar-refractivity contribution in [3.63, 3.8) is 0 Å². The van der Waals surface area contributed by atoms with E-state index in [0.717, 1.165) is 12.8 Å². The number of fused-ring (bicyclic) bond motifs is 1. The summed E-state index contributed by atoms with van der Waals surface area (Å²) in [6.45, 7) is 2.98. The molecule has 4 rings (SSSR count). The van der Waals surface area contributed by atoms with Gasteiger partial charge >= 0.3 is 0 Å². The zero-order chi connectivity index (χ0) is 18.3. The molecule has 1 aliphatic rings. The van der Waals surface area contributed by atoms with E-state index < -0.39 is 0 Å². The highest BCUT2D eigenvalue weighted by Crippen LogP contribution is 2.28. The van der Waals surface area contributed by atoms with Crippen molar-refractivity contribution in [3.05, 3.63) is 47.4 Å². The summed E-state index contributed by atoms with van der Waals surface area (Å²) in [6.07, 6.45) is 1.80. The smallest absolute Gasteiger partial charge is 0.259 e. The first-order valence-corrected chi connectivity index (χ1v) is 8.61. The molecule has 1 atom stereocenters. The first-order chi connectivity index (χ1) is 12.5. The lowest BCUT2D eigenvalue weighted by atomic mass is 10.0. The fraction of sp³-hybridized carbons (Fsp3) is 0.316. The number of aryl methyl sites for hydroxylation is 1. The number of rotatable bonds is 2. The van der Waals surface area contributed by atoms with Crippen LogP contribution in [-0.2, 0) is 0 Å². The number of amides is 1. The lowest BCUT2D eigenvalue weighted by Crippen LogP contribution is -2.45. The summed E-state index contributed by atoms with van der Waals surface area (Å²) in [5.74, 6) is -0.439. The standard InChI is InChI=1S/C19H19FN4O2.ClH/c1-11-17-15(19(25)24-8-2-3-14(21)10-24)9-16(22-18(17)26-23-11)12-4-6-13(20)7-5-12;/h4-7,9,14H,2-3,8,10,21H2,1H3;1H. The Morgan fingerprint density at radius 3 is 2.78 bits per heavy atom. The van der Waals surface area contributed by atoms with Crippen LogP contribution < -0.4 is 5.73 Å². The minimum absolute atomic E-state index is 0. The highest BCUT2D eigenvalue weighted by molar-refractivity contribution is 6.07. The van der Waals surface area contributed by atoms with Gasteiger partial charge in [0.25, 0.3) is 11.6 Å². The molecule has 3 heterocycles. The van der Waals surface area contributed by atoms with Crippen LogP contribution in [0.5, 0.6) is 0 Å². The molecule has 0 saturated carbocycles. The molecule has 1 unspecified atom stereocenters. The van der Waals surface area contributed by atoms with Gasteiger partial charge in [0.15, 0.2) is 0 Å². The molecule has 0 radical (unpaired) electrons. The maximum absolute atomic E-state index is 13.2. The fourth-order valence-corrected chi connectivity index (χ4v) is 3.40.